The predicted molar refractivity (Wildman–Crippen MR) is 69.5 cm³/mol. The fourth-order valence-corrected chi connectivity index (χ4v) is 3.08. The largest absolute Gasteiger partial charge is 0.383 e. The van der Waals surface area contributed by atoms with Crippen LogP contribution in [0.2, 0.25) is 5.02 Å². The van der Waals surface area contributed by atoms with E-state index in [2.05, 4.69) is 29.4 Å². The van der Waals surface area contributed by atoms with Crippen LogP contribution in [0, 0.1) is 5.41 Å². The summed E-state index contributed by atoms with van der Waals surface area (Å²) >= 11 is 6.06. The molecule has 1 N–H and O–H groups in total. The van der Waals surface area contributed by atoms with Crippen LogP contribution in [0.5, 0.6) is 0 Å². The Morgan fingerprint density at radius 1 is 1.38 bits per heavy atom. The molecule has 1 aromatic rings. The summed E-state index contributed by atoms with van der Waals surface area (Å²) in [4.78, 5) is 2.35. The molecular weight excluding hydrogens is 220 g/mol. The van der Waals surface area contributed by atoms with Gasteiger partial charge in [-0.15, -0.1) is 0 Å². The number of hydrogen-bond acceptors (Lipinski definition) is 2. The van der Waals surface area contributed by atoms with Gasteiger partial charge in [-0.1, -0.05) is 18.0 Å². The van der Waals surface area contributed by atoms with Gasteiger partial charge in [-0.2, -0.15) is 0 Å². The van der Waals surface area contributed by atoms with Gasteiger partial charge in [0.2, 0.25) is 0 Å². The zero-order chi connectivity index (χ0) is 11.2. The summed E-state index contributed by atoms with van der Waals surface area (Å²) in [5.74, 6) is 0. The molecule has 1 spiro atoms. The minimum absolute atomic E-state index is 0.500. The van der Waals surface area contributed by atoms with Crippen molar-refractivity contribution >= 4 is 23.0 Å². The minimum Gasteiger partial charge on any atom is -0.383 e. The van der Waals surface area contributed by atoms with Gasteiger partial charge in [0.15, 0.2) is 0 Å². The molecule has 0 radical (unpaired) electrons. The van der Waals surface area contributed by atoms with E-state index in [-0.39, 0.29) is 0 Å². The Morgan fingerprint density at radius 2 is 2.19 bits per heavy atom. The maximum atomic E-state index is 6.06. The molecule has 1 aliphatic heterocycles. The Morgan fingerprint density at radius 3 is 2.88 bits per heavy atom. The first kappa shape index (κ1) is 10.3. The Hall–Kier alpha value is -0.890. The van der Waals surface area contributed by atoms with Crippen molar-refractivity contribution in [1.29, 1.82) is 0 Å². The molecule has 16 heavy (non-hydrogen) atoms. The molecule has 3 heteroatoms. The van der Waals surface area contributed by atoms with E-state index in [1.165, 1.54) is 30.6 Å². The lowest BCUT2D eigenvalue weighted by Gasteiger charge is -2.43. The standard InChI is InChI=1S/C13H17ClN2/c1-16-9-13(5-2-6-13)8-15-11-4-3-10(14)7-12(11)16/h3-4,7,15H,2,5-6,8-9H2,1H3. The van der Waals surface area contributed by atoms with Gasteiger partial charge >= 0.3 is 0 Å². The average Bonchev–Trinajstić information content (AvgIpc) is 2.36. The molecule has 1 heterocycles. The van der Waals surface area contributed by atoms with Gasteiger partial charge < -0.3 is 10.2 Å². The van der Waals surface area contributed by atoms with E-state index in [1.54, 1.807) is 0 Å². The molecule has 86 valence electrons. The molecule has 0 saturated heterocycles. The highest BCUT2D eigenvalue weighted by Crippen LogP contribution is 2.45. The number of benzene rings is 1. The second-order valence-corrected chi connectivity index (χ2v) is 5.66. The van der Waals surface area contributed by atoms with Crippen LogP contribution < -0.4 is 10.2 Å². The van der Waals surface area contributed by atoms with Gasteiger partial charge in [-0.25, -0.2) is 0 Å². The van der Waals surface area contributed by atoms with Crippen molar-refractivity contribution in [3.05, 3.63) is 23.2 Å². The van der Waals surface area contributed by atoms with Crippen LogP contribution >= 0.6 is 11.6 Å². The lowest BCUT2D eigenvalue weighted by atomic mass is 9.68. The van der Waals surface area contributed by atoms with Crippen LogP contribution in [0.25, 0.3) is 0 Å². The monoisotopic (exact) mass is 236 g/mol. The highest BCUT2D eigenvalue weighted by Gasteiger charge is 2.39. The van der Waals surface area contributed by atoms with Crippen molar-refractivity contribution in [2.75, 3.05) is 30.4 Å². The van der Waals surface area contributed by atoms with E-state index in [9.17, 15) is 0 Å². The van der Waals surface area contributed by atoms with Crippen LogP contribution in [0.1, 0.15) is 19.3 Å². The fraction of sp³-hybridized carbons (Fsp3) is 0.538. The summed E-state index contributed by atoms with van der Waals surface area (Å²) in [5.41, 5.74) is 2.95. The van der Waals surface area contributed by atoms with Crippen molar-refractivity contribution in [3.8, 4) is 0 Å². The van der Waals surface area contributed by atoms with Crippen molar-refractivity contribution in [2.24, 2.45) is 5.41 Å². The molecule has 1 fully saturated rings. The number of halogens is 1. The summed E-state index contributed by atoms with van der Waals surface area (Å²) in [5, 5.41) is 4.39. The SMILES string of the molecule is CN1CC2(CCC2)CNc2ccc(Cl)cc21. The Kier molecular flexibility index (Phi) is 2.28. The summed E-state index contributed by atoms with van der Waals surface area (Å²) in [6.07, 6.45) is 4.09. The maximum absolute atomic E-state index is 6.06. The zero-order valence-corrected chi connectivity index (χ0v) is 10.3. The Labute approximate surface area is 102 Å². The van der Waals surface area contributed by atoms with E-state index in [0.29, 0.717) is 5.41 Å². The lowest BCUT2D eigenvalue weighted by Crippen LogP contribution is -2.43. The average molecular weight is 237 g/mol. The van der Waals surface area contributed by atoms with Crippen LogP contribution in [-0.4, -0.2) is 20.1 Å². The molecule has 2 nitrogen and oxygen atoms in total. The first-order chi connectivity index (χ1) is 7.69. The van der Waals surface area contributed by atoms with Crippen molar-refractivity contribution in [3.63, 3.8) is 0 Å². The first-order valence-corrected chi connectivity index (χ1v) is 6.31. The quantitative estimate of drug-likeness (QED) is 0.743. The van der Waals surface area contributed by atoms with E-state index in [0.717, 1.165) is 18.1 Å². The molecule has 3 rings (SSSR count). The van der Waals surface area contributed by atoms with E-state index < -0.39 is 0 Å². The molecular formula is C13H17ClN2. The first-order valence-electron chi connectivity index (χ1n) is 5.93. The highest BCUT2D eigenvalue weighted by molar-refractivity contribution is 6.31. The molecule has 0 aromatic heterocycles. The Bertz CT molecular complexity index is 412. The third-order valence-corrected chi connectivity index (χ3v) is 4.25. The lowest BCUT2D eigenvalue weighted by molar-refractivity contribution is 0.162. The van der Waals surface area contributed by atoms with E-state index >= 15 is 0 Å². The molecule has 0 unspecified atom stereocenters. The van der Waals surface area contributed by atoms with Crippen molar-refractivity contribution in [1.82, 2.24) is 0 Å². The summed E-state index contributed by atoms with van der Waals surface area (Å²) in [6.45, 7) is 2.25. The minimum atomic E-state index is 0.500. The van der Waals surface area contributed by atoms with Crippen LogP contribution in [0.3, 0.4) is 0 Å². The van der Waals surface area contributed by atoms with Crippen LogP contribution in [0.15, 0.2) is 18.2 Å². The number of nitrogens with one attached hydrogen (secondary N) is 1. The molecule has 1 aliphatic carbocycles. The summed E-state index contributed by atoms with van der Waals surface area (Å²) in [7, 11) is 2.17. The van der Waals surface area contributed by atoms with Gasteiger partial charge in [0.1, 0.15) is 0 Å². The molecule has 1 aromatic carbocycles. The normalized spacial score (nSPS) is 22.0. The number of anilines is 2. The van der Waals surface area contributed by atoms with Crippen LogP contribution in [-0.2, 0) is 0 Å². The summed E-state index contributed by atoms with van der Waals surface area (Å²) in [6, 6.07) is 6.10. The van der Waals surface area contributed by atoms with Gasteiger partial charge in [0.25, 0.3) is 0 Å². The highest BCUT2D eigenvalue weighted by atomic mass is 35.5. The number of nitrogens with zero attached hydrogens (tertiary/aromatic N) is 1. The maximum Gasteiger partial charge on any atom is 0.0614 e. The third-order valence-electron chi connectivity index (χ3n) is 4.01. The summed E-state index contributed by atoms with van der Waals surface area (Å²) < 4.78 is 0. The van der Waals surface area contributed by atoms with E-state index in [1.807, 2.05) is 6.07 Å². The van der Waals surface area contributed by atoms with Crippen LogP contribution in [0.4, 0.5) is 11.4 Å². The topological polar surface area (TPSA) is 15.3 Å². The predicted octanol–water partition coefficient (Wildman–Crippen LogP) is 3.37. The number of hydrogen-bond donors (Lipinski definition) is 1. The molecule has 1 saturated carbocycles. The van der Waals surface area contributed by atoms with Gasteiger partial charge in [-0.05, 0) is 31.0 Å². The molecule has 0 amide bonds. The fourth-order valence-electron chi connectivity index (χ4n) is 2.91. The van der Waals surface area contributed by atoms with Gasteiger partial charge in [0.05, 0.1) is 11.4 Å². The number of fused-ring (bicyclic) bond motifs is 1. The third kappa shape index (κ3) is 1.56. The van der Waals surface area contributed by atoms with Gasteiger partial charge in [-0.3, -0.25) is 0 Å². The van der Waals surface area contributed by atoms with Gasteiger partial charge in [0, 0.05) is 30.6 Å². The zero-order valence-electron chi connectivity index (χ0n) is 9.59. The molecule has 2 aliphatic rings. The number of rotatable bonds is 0. The second kappa shape index (κ2) is 3.56. The molecule has 0 atom stereocenters. The van der Waals surface area contributed by atoms with Crippen molar-refractivity contribution < 1.29 is 0 Å². The second-order valence-electron chi connectivity index (χ2n) is 5.22. The van der Waals surface area contributed by atoms with Crippen molar-refractivity contribution in [2.45, 2.75) is 19.3 Å². The molecule has 0 bridgehead atoms. The van der Waals surface area contributed by atoms with E-state index in [4.69, 9.17) is 11.6 Å². The Balaban J connectivity index is 1.95. The smallest absolute Gasteiger partial charge is 0.0614 e.